The Morgan fingerprint density at radius 2 is 1.73 bits per heavy atom. The summed E-state index contributed by atoms with van der Waals surface area (Å²) in [4.78, 5) is 36.6. The standard InChI is InChI=1S/C26H33N5O2/c1-18(19-9-11-20(12-10-19)26(2,3)4)27-25(33)31-15-13-30(14-16-31)17-23-28-22-8-6-5-7-21(22)24(32)29-23/h5-12,18H,13-17H2,1-4H3,(H,27,33)(H,28,29,32). The largest absolute Gasteiger partial charge is 0.331 e. The second-order valence-electron chi connectivity index (χ2n) is 9.84. The van der Waals surface area contributed by atoms with Crippen molar-refractivity contribution in [3.8, 4) is 0 Å². The second-order valence-corrected chi connectivity index (χ2v) is 9.84. The lowest BCUT2D eigenvalue weighted by Gasteiger charge is -2.35. The van der Waals surface area contributed by atoms with E-state index in [-0.39, 0.29) is 23.0 Å². The van der Waals surface area contributed by atoms with Crippen molar-refractivity contribution in [2.75, 3.05) is 26.2 Å². The molecule has 1 atom stereocenters. The number of hydrogen-bond donors (Lipinski definition) is 2. The number of aromatic amines is 1. The van der Waals surface area contributed by atoms with E-state index in [1.165, 1.54) is 5.56 Å². The minimum atomic E-state index is -0.113. The fourth-order valence-electron chi connectivity index (χ4n) is 4.16. The molecule has 7 nitrogen and oxygen atoms in total. The van der Waals surface area contributed by atoms with Crippen molar-refractivity contribution in [2.45, 2.75) is 45.7 Å². The predicted octanol–water partition coefficient (Wildman–Crippen LogP) is 3.81. The average molecular weight is 448 g/mol. The zero-order chi connectivity index (χ0) is 23.6. The van der Waals surface area contributed by atoms with Gasteiger partial charge in [-0.1, -0.05) is 57.2 Å². The SMILES string of the molecule is CC(NC(=O)N1CCN(Cc2nc3ccccc3c(=O)[nH]2)CC1)c1ccc(C(C)(C)C)cc1. The number of hydrogen-bond acceptors (Lipinski definition) is 4. The van der Waals surface area contributed by atoms with Gasteiger partial charge in [0.25, 0.3) is 5.56 Å². The van der Waals surface area contributed by atoms with Crippen LogP contribution in [0.5, 0.6) is 0 Å². The maximum Gasteiger partial charge on any atom is 0.317 e. The molecule has 4 rings (SSSR count). The highest BCUT2D eigenvalue weighted by Crippen LogP contribution is 2.24. The van der Waals surface area contributed by atoms with Gasteiger partial charge in [0.15, 0.2) is 0 Å². The molecule has 2 aromatic carbocycles. The van der Waals surface area contributed by atoms with Crippen LogP contribution < -0.4 is 10.9 Å². The molecule has 1 fully saturated rings. The Balaban J connectivity index is 1.30. The van der Waals surface area contributed by atoms with Crippen molar-refractivity contribution >= 4 is 16.9 Å². The molecule has 0 saturated carbocycles. The van der Waals surface area contributed by atoms with Crippen molar-refractivity contribution in [1.29, 1.82) is 0 Å². The molecule has 7 heteroatoms. The van der Waals surface area contributed by atoms with E-state index >= 15 is 0 Å². The predicted molar refractivity (Wildman–Crippen MR) is 131 cm³/mol. The van der Waals surface area contributed by atoms with E-state index in [9.17, 15) is 9.59 Å². The molecule has 33 heavy (non-hydrogen) atoms. The summed E-state index contributed by atoms with van der Waals surface area (Å²) in [5.41, 5.74) is 3.08. The van der Waals surface area contributed by atoms with E-state index in [1.54, 1.807) is 6.07 Å². The van der Waals surface area contributed by atoms with Crippen LogP contribution in [0.4, 0.5) is 4.79 Å². The number of H-pyrrole nitrogens is 1. The van der Waals surface area contributed by atoms with Gasteiger partial charge in [-0.05, 0) is 35.6 Å². The molecule has 0 spiro atoms. The van der Waals surface area contributed by atoms with Crippen LogP contribution in [0.2, 0.25) is 0 Å². The van der Waals surface area contributed by atoms with E-state index in [2.05, 4.69) is 65.2 Å². The fraction of sp³-hybridized carbons (Fsp3) is 0.423. The third-order valence-electron chi connectivity index (χ3n) is 6.31. The van der Waals surface area contributed by atoms with E-state index in [0.29, 0.717) is 36.4 Å². The molecule has 2 N–H and O–H groups in total. The van der Waals surface area contributed by atoms with Crippen molar-refractivity contribution < 1.29 is 4.79 Å². The minimum absolute atomic E-state index is 0.0423. The normalized spacial score (nSPS) is 16.1. The Labute approximate surface area is 194 Å². The Kier molecular flexibility index (Phi) is 6.51. The third-order valence-corrected chi connectivity index (χ3v) is 6.31. The Morgan fingerprint density at radius 1 is 1.06 bits per heavy atom. The van der Waals surface area contributed by atoms with Gasteiger partial charge in [0.1, 0.15) is 5.82 Å². The number of amides is 2. The first-order chi connectivity index (χ1) is 15.7. The molecule has 0 bridgehead atoms. The molecule has 1 aliphatic heterocycles. The number of urea groups is 1. The monoisotopic (exact) mass is 447 g/mol. The first kappa shape index (κ1) is 23.0. The molecule has 0 radical (unpaired) electrons. The Hall–Kier alpha value is -3.19. The van der Waals surface area contributed by atoms with Crippen LogP contribution in [-0.2, 0) is 12.0 Å². The molecule has 2 heterocycles. The van der Waals surface area contributed by atoms with Crippen LogP contribution in [0, 0.1) is 0 Å². The summed E-state index contributed by atoms with van der Waals surface area (Å²) in [6, 6.07) is 15.7. The van der Waals surface area contributed by atoms with Crippen molar-refractivity contribution in [3.05, 3.63) is 75.8 Å². The number of rotatable bonds is 4. The summed E-state index contributed by atoms with van der Waals surface area (Å²) in [6.45, 7) is 11.9. The third kappa shape index (κ3) is 5.42. The molecule has 1 aromatic heterocycles. The molecule has 2 amide bonds. The number of para-hydroxylation sites is 1. The zero-order valence-electron chi connectivity index (χ0n) is 19.9. The molecule has 1 aliphatic rings. The fourth-order valence-corrected chi connectivity index (χ4v) is 4.16. The van der Waals surface area contributed by atoms with Gasteiger partial charge in [-0.15, -0.1) is 0 Å². The minimum Gasteiger partial charge on any atom is -0.331 e. The van der Waals surface area contributed by atoms with E-state index in [1.807, 2.05) is 30.0 Å². The van der Waals surface area contributed by atoms with Gasteiger partial charge in [0.05, 0.1) is 23.5 Å². The lowest BCUT2D eigenvalue weighted by molar-refractivity contribution is 0.132. The number of carbonyl (C=O) groups is 1. The Morgan fingerprint density at radius 3 is 2.39 bits per heavy atom. The number of nitrogens with zero attached hydrogens (tertiary/aromatic N) is 3. The van der Waals surface area contributed by atoms with Crippen molar-refractivity contribution in [1.82, 2.24) is 25.1 Å². The quantitative estimate of drug-likeness (QED) is 0.637. The topological polar surface area (TPSA) is 81.3 Å². The van der Waals surface area contributed by atoms with Gasteiger partial charge in [0.2, 0.25) is 0 Å². The summed E-state index contributed by atoms with van der Waals surface area (Å²) >= 11 is 0. The smallest absolute Gasteiger partial charge is 0.317 e. The summed E-state index contributed by atoms with van der Waals surface area (Å²) < 4.78 is 0. The summed E-state index contributed by atoms with van der Waals surface area (Å²) in [7, 11) is 0. The lowest BCUT2D eigenvalue weighted by atomic mass is 9.86. The molecular formula is C26H33N5O2. The number of aromatic nitrogens is 2. The van der Waals surface area contributed by atoms with Gasteiger partial charge in [-0.25, -0.2) is 9.78 Å². The highest BCUT2D eigenvalue weighted by Gasteiger charge is 2.23. The lowest BCUT2D eigenvalue weighted by Crippen LogP contribution is -2.51. The number of benzene rings is 2. The van der Waals surface area contributed by atoms with Gasteiger partial charge >= 0.3 is 6.03 Å². The molecular weight excluding hydrogens is 414 g/mol. The Bertz CT molecular complexity index is 1170. The molecule has 3 aromatic rings. The highest BCUT2D eigenvalue weighted by molar-refractivity contribution is 5.77. The van der Waals surface area contributed by atoms with Crippen LogP contribution in [-0.4, -0.2) is 52.0 Å². The highest BCUT2D eigenvalue weighted by atomic mass is 16.2. The first-order valence-corrected chi connectivity index (χ1v) is 11.6. The number of piperazine rings is 1. The average Bonchev–Trinajstić information content (AvgIpc) is 2.79. The zero-order valence-corrected chi connectivity index (χ0v) is 19.9. The van der Waals surface area contributed by atoms with Gasteiger partial charge in [-0.3, -0.25) is 9.69 Å². The van der Waals surface area contributed by atoms with Crippen molar-refractivity contribution in [3.63, 3.8) is 0 Å². The maximum absolute atomic E-state index is 12.8. The number of fused-ring (bicyclic) bond motifs is 1. The van der Waals surface area contributed by atoms with Crippen LogP contribution in [0.15, 0.2) is 53.3 Å². The van der Waals surface area contributed by atoms with Gasteiger partial charge in [-0.2, -0.15) is 0 Å². The van der Waals surface area contributed by atoms with Crippen LogP contribution >= 0.6 is 0 Å². The maximum atomic E-state index is 12.8. The van der Waals surface area contributed by atoms with E-state index in [4.69, 9.17) is 0 Å². The summed E-state index contributed by atoms with van der Waals surface area (Å²) in [6.07, 6.45) is 0. The van der Waals surface area contributed by atoms with E-state index in [0.717, 1.165) is 18.7 Å². The van der Waals surface area contributed by atoms with Gasteiger partial charge < -0.3 is 15.2 Å². The van der Waals surface area contributed by atoms with E-state index < -0.39 is 0 Å². The number of nitrogens with one attached hydrogen (secondary N) is 2. The summed E-state index contributed by atoms with van der Waals surface area (Å²) in [5, 5.41) is 3.73. The molecule has 174 valence electrons. The molecule has 1 unspecified atom stereocenters. The second kappa shape index (κ2) is 9.35. The van der Waals surface area contributed by atoms with Crippen LogP contribution in [0.3, 0.4) is 0 Å². The van der Waals surface area contributed by atoms with Crippen LogP contribution in [0.1, 0.15) is 50.7 Å². The van der Waals surface area contributed by atoms with Crippen molar-refractivity contribution in [2.24, 2.45) is 0 Å². The first-order valence-electron chi connectivity index (χ1n) is 11.6. The molecule has 0 aliphatic carbocycles. The van der Waals surface area contributed by atoms with Gasteiger partial charge in [0, 0.05) is 26.2 Å². The number of carbonyl (C=O) groups excluding carboxylic acids is 1. The molecule has 1 saturated heterocycles. The van der Waals surface area contributed by atoms with Crippen LogP contribution in [0.25, 0.3) is 10.9 Å². The summed E-state index contributed by atoms with van der Waals surface area (Å²) in [5.74, 6) is 0.656.